The highest BCUT2D eigenvalue weighted by Gasteiger charge is 2.42. The molecule has 1 atom stereocenters. The summed E-state index contributed by atoms with van der Waals surface area (Å²) in [5.74, 6) is 1.54. The molecule has 1 aromatic carbocycles. The molecular formula is C22H29N3O2. The van der Waals surface area contributed by atoms with Crippen molar-refractivity contribution in [1.82, 2.24) is 14.8 Å². The molecule has 1 aromatic heterocycles. The number of likely N-dealkylation sites (N-methyl/N-ethyl adjacent to an activating group) is 1. The van der Waals surface area contributed by atoms with E-state index in [2.05, 4.69) is 47.3 Å². The van der Waals surface area contributed by atoms with Crippen molar-refractivity contribution in [2.45, 2.75) is 39.0 Å². The molecule has 5 heteroatoms. The zero-order valence-electron chi connectivity index (χ0n) is 16.6. The van der Waals surface area contributed by atoms with E-state index in [0.717, 1.165) is 39.0 Å². The average molecular weight is 367 g/mol. The summed E-state index contributed by atoms with van der Waals surface area (Å²) in [5.41, 5.74) is 2.44. The fourth-order valence-electron chi connectivity index (χ4n) is 5.03. The molecule has 27 heavy (non-hydrogen) atoms. The van der Waals surface area contributed by atoms with Gasteiger partial charge in [0.1, 0.15) is 0 Å². The van der Waals surface area contributed by atoms with Gasteiger partial charge in [-0.05, 0) is 50.1 Å². The summed E-state index contributed by atoms with van der Waals surface area (Å²) in [7, 11) is 2.23. The quantitative estimate of drug-likeness (QED) is 0.813. The lowest BCUT2D eigenvalue weighted by atomic mass is 9.68. The molecule has 1 unspecified atom stereocenters. The largest absolute Gasteiger partial charge is 0.436 e. The smallest absolute Gasteiger partial charge is 0.291 e. The first kappa shape index (κ1) is 18.2. The highest BCUT2D eigenvalue weighted by Crippen LogP contribution is 2.44. The average Bonchev–Trinajstić information content (AvgIpc) is 3.00. The summed E-state index contributed by atoms with van der Waals surface area (Å²) in [6.07, 6.45) is 3.32. The number of nitrogens with zero attached hydrogens (tertiary/aromatic N) is 3. The fourth-order valence-corrected chi connectivity index (χ4v) is 5.03. The first-order chi connectivity index (χ1) is 13.0. The number of rotatable bonds is 2. The van der Waals surface area contributed by atoms with Gasteiger partial charge in [-0.1, -0.05) is 30.3 Å². The van der Waals surface area contributed by atoms with Crippen LogP contribution in [0.1, 0.15) is 52.9 Å². The number of benzene rings is 1. The van der Waals surface area contributed by atoms with Gasteiger partial charge in [-0.25, -0.2) is 4.98 Å². The third kappa shape index (κ3) is 3.65. The van der Waals surface area contributed by atoms with Crippen molar-refractivity contribution in [3.05, 3.63) is 53.2 Å². The number of aromatic nitrogens is 1. The molecule has 1 spiro atoms. The Balaban J connectivity index is 1.45. The zero-order valence-corrected chi connectivity index (χ0v) is 16.6. The minimum Gasteiger partial charge on any atom is -0.436 e. The number of carbonyl (C=O) groups excluding carboxylic acids is 1. The Morgan fingerprint density at radius 2 is 1.89 bits per heavy atom. The van der Waals surface area contributed by atoms with Gasteiger partial charge < -0.3 is 14.2 Å². The van der Waals surface area contributed by atoms with Crippen LogP contribution in [0.25, 0.3) is 0 Å². The van der Waals surface area contributed by atoms with Crippen molar-refractivity contribution in [1.29, 1.82) is 0 Å². The van der Waals surface area contributed by atoms with E-state index in [1.165, 1.54) is 12.0 Å². The molecule has 1 amide bonds. The van der Waals surface area contributed by atoms with Crippen molar-refractivity contribution in [3.8, 4) is 0 Å². The SMILES string of the molecule is Cc1nc(C)c(C(=O)N2CCC3(CC2)CC(c2ccccc2)CN(C)C3)o1. The number of aryl methyl sites for hydroxylation is 2. The fraction of sp³-hybridized carbons (Fsp3) is 0.545. The number of hydrogen-bond acceptors (Lipinski definition) is 4. The van der Waals surface area contributed by atoms with Crippen LogP contribution in [0.5, 0.6) is 0 Å². The maximum absolute atomic E-state index is 12.8. The molecule has 0 aliphatic carbocycles. The van der Waals surface area contributed by atoms with E-state index < -0.39 is 0 Å². The summed E-state index contributed by atoms with van der Waals surface area (Å²) in [4.78, 5) is 21.5. The van der Waals surface area contributed by atoms with Gasteiger partial charge in [0.2, 0.25) is 5.76 Å². The van der Waals surface area contributed by atoms with Crippen molar-refractivity contribution in [3.63, 3.8) is 0 Å². The van der Waals surface area contributed by atoms with E-state index in [1.807, 2.05) is 11.8 Å². The van der Waals surface area contributed by atoms with Gasteiger partial charge in [-0.2, -0.15) is 0 Å². The van der Waals surface area contributed by atoms with Gasteiger partial charge in [0.25, 0.3) is 5.91 Å². The Labute approximate surface area is 161 Å². The first-order valence-corrected chi connectivity index (χ1v) is 9.93. The molecule has 2 aromatic rings. The minimum atomic E-state index is -0.00766. The number of carbonyl (C=O) groups is 1. The van der Waals surface area contributed by atoms with Gasteiger partial charge in [-0.3, -0.25) is 4.79 Å². The summed E-state index contributed by atoms with van der Waals surface area (Å²) < 4.78 is 5.55. The van der Waals surface area contributed by atoms with E-state index in [0.29, 0.717) is 28.7 Å². The highest BCUT2D eigenvalue weighted by molar-refractivity contribution is 5.92. The maximum Gasteiger partial charge on any atom is 0.291 e. The predicted molar refractivity (Wildman–Crippen MR) is 105 cm³/mol. The van der Waals surface area contributed by atoms with E-state index in [-0.39, 0.29) is 5.91 Å². The molecule has 2 aliphatic heterocycles. The van der Waals surface area contributed by atoms with Crippen molar-refractivity contribution in [2.75, 3.05) is 33.2 Å². The van der Waals surface area contributed by atoms with E-state index >= 15 is 0 Å². The Kier molecular flexibility index (Phi) is 4.81. The molecule has 0 N–H and O–H groups in total. The van der Waals surface area contributed by atoms with Gasteiger partial charge in [0.15, 0.2) is 5.89 Å². The minimum absolute atomic E-state index is 0.00766. The van der Waals surface area contributed by atoms with Crippen LogP contribution in [0.15, 0.2) is 34.7 Å². The van der Waals surface area contributed by atoms with Crippen molar-refractivity contribution < 1.29 is 9.21 Å². The predicted octanol–water partition coefficient (Wildman–Crippen LogP) is 3.63. The molecule has 5 nitrogen and oxygen atoms in total. The Bertz CT molecular complexity index is 806. The number of amides is 1. The Hall–Kier alpha value is -2.14. The van der Waals surface area contributed by atoms with Crippen LogP contribution < -0.4 is 0 Å². The lowest BCUT2D eigenvalue weighted by Crippen LogP contribution is -2.51. The van der Waals surface area contributed by atoms with Gasteiger partial charge in [0.05, 0.1) is 5.69 Å². The molecule has 2 fully saturated rings. The summed E-state index contributed by atoms with van der Waals surface area (Å²) in [5, 5.41) is 0. The normalized spacial score (nSPS) is 22.9. The second kappa shape index (κ2) is 7.12. The van der Waals surface area contributed by atoms with Crippen LogP contribution in [0.3, 0.4) is 0 Å². The van der Waals surface area contributed by atoms with Crippen LogP contribution in [-0.4, -0.2) is 53.9 Å². The summed E-state index contributed by atoms with van der Waals surface area (Å²) in [6, 6.07) is 10.9. The summed E-state index contributed by atoms with van der Waals surface area (Å²) >= 11 is 0. The second-order valence-corrected chi connectivity index (χ2v) is 8.45. The molecule has 4 rings (SSSR count). The van der Waals surface area contributed by atoms with Gasteiger partial charge in [0, 0.05) is 33.1 Å². The van der Waals surface area contributed by atoms with E-state index in [9.17, 15) is 4.79 Å². The van der Waals surface area contributed by atoms with E-state index in [1.54, 1.807) is 6.92 Å². The molecule has 0 radical (unpaired) electrons. The molecule has 3 heterocycles. The molecule has 0 saturated carbocycles. The number of oxazole rings is 1. The van der Waals surface area contributed by atoms with Gasteiger partial charge >= 0.3 is 0 Å². The summed E-state index contributed by atoms with van der Waals surface area (Å²) in [6.45, 7) is 7.47. The zero-order chi connectivity index (χ0) is 19.0. The van der Waals surface area contributed by atoms with Crippen LogP contribution in [0, 0.1) is 19.3 Å². The number of piperidine rings is 2. The molecule has 2 aliphatic rings. The number of likely N-dealkylation sites (tertiary alicyclic amines) is 2. The monoisotopic (exact) mass is 367 g/mol. The lowest BCUT2D eigenvalue weighted by molar-refractivity contribution is 0.0210. The third-order valence-electron chi connectivity index (χ3n) is 6.30. The van der Waals surface area contributed by atoms with Crippen LogP contribution in [0.4, 0.5) is 0 Å². The van der Waals surface area contributed by atoms with Crippen LogP contribution >= 0.6 is 0 Å². The molecule has 144 valence electrons. The second-order valence-electron chi connectivity index (χ2n) is 8.45. The standard InChI is InChI=1S/C22H29N3O2/c1-16-20(27-17(2)23-16)21(26)25-11-9-22(10-12-25)13-19(14-24(3)15-22)18-7-5-4-6-8-18/h4-8,19H,9-15H2,1-3H3. The van der Waals surface area contributed by atoms with E-state index in [4.69, 9.17) is 4.42 Å². The number of hydrogen-bond donors (Lipinski definition) is 0. The van der Waals surface area contributed by atoms with Crippen LogP contribution in [-0.2, 0) is 0 Å². The molecular weight excluding hydrogens is 338 g/mol. The van der Waals surface area contributed by atoms with Gasteiger partial charge in [-0.15, -0.1) is 0 Å². The lowest BCUT2D eigenvalue weighted by Gasteiger charge is -2.49. The first-order valence-electron chi connectivity index (χ1n) is 9.93. The third-order valence-corrected chi connectivity index (χ3v) is 6.30. The molecule has 0 bridgehead atoms. The Morgan fingerprint density at radius 3 is 2.52 bits per heavy atom. The van der Waals surface area contributed by atoms with Crippen molar-refractivity contribution >= 4 is 5.91 Å². The molecule has 2 saturated heterocycles. The Morgan fingerprint density at radius 1 is 1.19 bits per heavy atom. The highest BCUT2D eigenvalue weighted by atomic mass is 16.4. The maximum atomic E-state index is 12.8. The topological polar surface area (TPSA) is 49.6 Å². The van der Waals surface area contributed by atoms with Crippen LogP contribution in [0.2, 0.25) is 0 Å². The van der Waals surface area contributed by atoms with Crippen molar-refractivity contribution in [2.24, 2.45) is 5.41 Å².